The van der Waals surface area contributed by atoms with Gasteiger partial charge in [0.15, 0.2) is 0 Å². The van der Waals surface area contributed by atoms with E-state index in [-0.39, 0.29) is 22.9 Å². The molecular formula is C10H22In. The normalized spacial score (nSPS) is 13.3. The fourth-order valence-electron chi connectivity index (χ4n) is 0.938. The van der Waals surface area contributed by atoms with Gasteiger partial charge in [0.25, 0.3) is 0 Å². The average molecular weight is 257 g/mol. The van der Waals surface area contributed by atoms with Crippen molar-refractivity contribution < 1.29 is 0 Å². The van der Waals surface area contributed by atoms with Crippen LogP contribution in [-0.2, 0) is 0 Å². The van der Waals surface area contributed by atoms with Crippen LogP contribution in [0.3, 0.4) is 0 Å². The third-order valence-corrected chi connectivity index (χ3v) is 10.2. The van der Waals surface area contributed by atoms with Gasteiger partial charge in [-0.25, -0.2) is 0 Å². The van der Waals surface area contributed by atoms with Gasteiger partial charge >= 0.3 is 83.6 Å². The van der Waals surface area contributed by atoms with Crippen molar-refractivity contribution >= 4 is 22.9 Å². The van der Waals surface area contributed by atoms with E-state index in [0.717, 1.165) is 0 Å². The Morgan fingerprint density at radius 3 is 1.18 bits per heavy atom. The first-order valence-electron chi connectivity index (χ1n) is 4.52. The average Bonchev–Trinajstić information content (AvgIpc) is 1.55. The number of hydrogen-bond donors (Lipinski definition) is 0. The Bertz CT molecular complexity index is 89.0. The summed E-state index contributed by atoms with van der Waals surface area (Å²) in [6, 6.07) is 0. The molecule has 0 fully saturated rings. The molecule has 1 heteroatoms. The molecule has 0 aliphatic rings. The van der Waals surface area contributed by atoms with E-state index in [1.165, 1.54) is 0 Å². The van der Waals surface area contributed by atoms with Gasteiger partial charge in [-0.05, 0) is 0 Å². The molecule has 0 aromatic heterocycles. The Morgan fingerprint density at radius 2 is 1.00 bits per heavy atom. The van der Waals surface area contributed by atoms with Crippen LogP contribution in [-0.4, -0.2) is 22.9 Å². The molecule has 0 aliphatic heterocycles. The Labute approximate surface area is 83.5 Å². The summed E-state index contributed by atoms with van der Waals surface area (Å²) in [4.78, 5) is 0. The molecule has 0 bridgehead atoms. The minimum absolute atomic E-state index is 0.226. The van der Waals surface area contributed by atoms with E-state index in [2.05, 4.69) is 41.5 Å². The van der Waals surface area contributed by atoms with Crippen molar-refractivity contribution in [3.05, 3.63) is 0 Å². The summed E-state index contributed by atoms with van der Waals surface area (Å²) in [5.74, 6) is 0. The van der Waals surface area contributed by atoms with Crippen molar-refractivity contribution in [1.82, 2.24) is 0 Å². The Balaban J connectivity index is 3.44. The van der Waals surface area contributed by atoms with Crippen LogP contribution < -0.4 is 0 Å². The second-order valence-electron chi connectivity index (χ2n) is 5.82. The molecule has 0 aromatic rings. The van der Waals surface area contributed by atoms with Gasteiger partial charge in [-0.2, -0.15) is 0 Å². The molecule has 0 aliphatic carbocycles. The van der Waals surface area contributed by atoms with Gasteiger partial charge in [0.05, 0.1) is 0 Å². The Hall–Kier alpha value is 0.870. The zero-order valence-corrected chi connectivity index (χ0v) is 12.3. The van der Waals surface area contributed by atoms with Crippen molar-refractivity contribution in [3.8, 4) is 0 Å². The summed E-state index contributed by atoms with van der Waals surface area (Å²) in [5, 5.41) is 0. The van der Waals surface area contributed by atoms with Gasteiger partial charge in [0.2, 0.25) is 0 Å². The van der Waals surface area contributed by atoms with Crippen LogP contribution in [0.15, 0.2) is 0 Å². The van der Waals surface area contributed by atoms with Crippen LogP contribution in [0.25, 0.3) is 0 Å². The quantitative estimate of drug-likeness (QED) is 0.708. The molecule has 0 unspecified atom stereocenters. The fraction of sp³-hybridized carbons (Fsp3) is 1.00. The zero-order valence-electron chi connectivity index (χ0n) is 8.99. The molecular weight excluding hydrogens is 235 g/mol. The molecule has 0 saturated carbocycles. The summed E-state index contributed by atoms with van der Waals surface area (Å²) in [6.45, 7) is 14.2. The van der Waals surface area contributed by atoms with E-state index in [9.17, 15) is 0 Å². The third kappa shape index (κ3) is 10.9. The van der Waals surface area contributed by atoms with Crippen LogP contribution in [0.2, 0.25) is 8.35 Å². The van der Waals surface area contributed by atoms with Crippen LogP contribution in [0.4, 0.5) is 0 Å². The first-order chi connectivity index (χ1) is 4.71. The molecule has 0 aromatic carbocycles. The van der Waals surface area contributed by atoms with Crippen LogP contribution in [0.1, 0.15) is 41.5 Å². The van der Waals surface area contributed by atoms with E-state index in [1.807, 2.05) is 0 Å². The molecule has 0 N–H and O–H groups in total. The summed E-state index contributed by atoms with van der Waals surface area (Å²) in [7, 11) is 0. The summed E-state index contributed by atoms with van der Waals surface area (Å²) < 4.78 is 3.08. The molecule has 65 valence electrons. The second kappa shape index (κ2) is 4.20. The molecule has 0 heterocycles. The monoisotopic (exact) mass is 257 g/mol. The topological polar surface area (TPSA) is 0 Å². The molecule has 0 amide bonds. The third-order valence-electron chi connectivity index (χ3n) is 1.51. The van der Waals surface area contributed by atoms with E-state index < -0.39 is 0 Å². The SMILES string of the molecule is CC(C)(C)[CH2][In][CH2]C(C)(C)C. The molecule has 0 saturated heterocycles. The zero-order chi connectivity index (χ0) is 9.12. The molecule has 0 atom stereocenters. The molecule has 0 nitrogen and oxygen atoms in total. The maximum atomic E-state index is 2.36. The van der Waals surface area contributed by atoms with E-state index in [4.69, 9.17) is 0 Å². The molecule has 11 heavy (non-hydrogen) atoms. The van der Waals surface area contributed by atoms with Gasteiger partial charge < -0.3 is 0 Å². The van der Waals surface area contributed by atoms with E-state index in [0.29, 0.717) is 10.8 Å². The van der Waals surface area contributed by atoms with Crippen molar-refractivity contribution in [2.45, 2.75) is 49.9 Å². The molecule has 0 spiro atoms. The van der Waals surface area contributed by atoms with Crippen molar-refractivity contribution in [1.29, 1.82) is 0 Å². The fourth-order valence-corrected chi connectivity index (χ4v) is 6.29. The minimum atomic E-state index is -0.226. The predicted molar refractivity (Wildman–Crippen MR) is 54.3 cm³/mol. The molecule has 1 radical (unpaired) electrons. The van der Waals surface area contributed by atoms with Crippen molar-refractivity contribution in [2.24, 2.45) is 10.8 Å². The number of hydrogen-bond acceptors (Lipinski definition) is 0. The second-order valence-corrected chi connectivity index (χ2v) is 9.80. The standard InChI is InChI=1S/2C5H11.In/c2*1-5(2,3)4;/h2*1H2,2-4H3;. The van der Waals surface area contributed by atoms with Crippen LogP contribution in [0, 0.1) is 10.8 Å². The van der Waals surface area contributed by atoms with E-state index >= 15 is 0 Å². The molecule has 0 rings (SSSR count). The predicted octanol–water partition coefficient (Wildman–Crippen LogP) is 3.62. The van der Waals surface area contributed by atoms with Gasteiger partial charge in [0.1, 0.15) is 0 Å². The van der Waals surface area contributed by atoms with E-state index in [1.54, 1.807) is 8.35 Å². The van der Waals surface area contributed by atoms with Crippen molar-refractivity contribution in [2.75, 3.05) is 0 Å². The van der Waals surface area contributed by atoms with Gasteiger partial charge in [0, 0.05) is 0 Å². The van der Waals surface area contributed by atoms with Crippen LogP contribution >= 0.6 is 0 Å². The van der Waals surface area contributed by atoms with Gasteiger partial charge in [-0.1, -0.05) is 0 Å². The first-order valence-corrected chi connectivity index (χ1v) is 9.18. The summed E-state index contributed by atoms with van der Waals surface area (Å²) in [5.41, 5.74) is 1.21. The summed E-state index contributed by atoms with van der Waals surface area (Å²) >= 11 is -0.226. The van der Waals surface area contributed by atoms with Crippen molar-refractivity contribution in [3.63, 3.8) is 0 Å². The van der Waals surface area contributed by atoms with Crippen LogP contribution in [0.5, 0.6) is 0 Å². The first kappa shape index (κ1) is 11.9. The van der Waals surface area contributed by atoms with Gasteiger partial charge in [-0.15, -0.1) is 0 Å². The number of rotatable bonds is 2. The Morgan fingerprint density at radius 1 is 0.727 bits per heavy atom. The maximum absolute atomic E-state index is 2.36. The van der Waals surface area contributed by atoms with Gasteiger partial charge in [-0.3, -0.25) is 0 Å². The summed E-state index contributed by atoms with van der Waals surface area (Å²) in [6.07, 6.45) is 0. The Kier molecular flexibility index (Phi) is 4.54.